The lowest BCUT2D eigenvalue weighted by Crippen LogP contribution is -2.14. The van der Waals surface area contributed by atoms with Gasteiger partial charge in [0.15, 0.2) is 0 Å². The summed E-state index contributed by atoms with van der Waals surface area (Å²) in [6, 6.07) is 5.41. The van der Waals surface area contributed by atoms with Crippen molar-refractivity contribution in [3.8, 4) is 5.82 Å². The minimum absolute atomic E-state index is 0.390. The predicted molar refractivity (Wildman–Crippen MR) is 55.0 cm³/mol. The molecule has 0 fully saturated rings. The highest BCUT2D eigenvalue weighted by Crippen LogP contribution is 2.01. The van der Waals surface area contributed by atoms with Gasteiger partial charge < -0.3 is 5.11 Å². The molecule has 6 heteroatoms. The van der Waals surface area contributed by atoms with Crippen LogP contribution in [0.2, 0.25) is 0 Å². The highest BCUT2D eigenvalue weighted by atomic mass is 32.1. The lowest BCUT2D eigenvalue weighted by Gasteiger charge is -1.98. The third kappa shape index (κ3) is 2.10. The van der Waals surface area contributed by atoms with E-state index < -0.39 is 6.09 Å². The second kappa shape index (κ2) is 4.05. The molecule has 2 rings (SSSR count). The van der Waals surface area contributed by atoms with Crippen LogP contribution in [0, 0.1) is 0 Å². The summed E-state index contributed by atoms with van der Waals surface area (Å²) >= 11 is 1.25. The Morgan fingerprint density at radius 3 is 3.07 bits per heavy atom. The van der Waals surface area contributed by atoms with Gasteiger partial charge in [-0.05, 0) is 12.1 Å². The first-order chi connectivity index (χ1) is 7.27. The van der Waals surface area contributed by atoms with Crippen molar-refractivity contribution < 1.29 is 9.90 Å². The first kappa shape index (κ1) is 9.60. The summed E-state index contributed by atoms with van der Waals surface area (Å²) in [7, 11) is 0. The molecular formula is C9H7N3O2S. The summed E-state index contributed by atoms with van der Waals surface area (Å²) < 4.78 is 1.62. The number of hydrogen-bond acceptors (Lipinski definition) is 3. The van der Waals surface area contributed by atoms with E-state index >= 15 is 0 Å². The molecule has 0 saturated heterocycles. The van der Waals surface area contributed by atoms with Crippen LogP contribution in [-0.2, 0) is 0 Å². The van der Waals surface area contributed by atoms with Crippen LogP contribution in [0.4, 0.5) is 4.79 Å². The molecule has 1 N–H and O–H groups in total. The van der Waals surface area contributed by atoms with Gasteiger partial charge in [0.2, 0.25) is 4.80 Å². The van der Waals surface area contributed by atoms with Crippen molar-refractivity contribution in [2.45, 2.75) is 0 Å². The second-order valence-corrected chi connectivity index (χ2v) is 3.51. The topological polar surface area (TPSA) is 67.5 Å². The molecule has 1 amide bonds. The maximum absolute atomic E-state index is 10.5. The third-order valence-corrected chi connectivity index (χ3v) is 2.43. The first-order valence-corrected chi connectivity index (χ1v) is 5.00. The highest BCUT2D eigenvalue weighted by molar-refractivity contribution is 7.07. The Kier molecular flexibility index (Phi) is 2.59. The molecule has 2 heterocycles. The molecular weight excluding hydrogens is 214 g/mol. The normalized spacial score (nSPS) is 11.6. The van der Waals surface area contributed by atoms with Crippen molar-refractivity contribution in [1.82, 2.24) is 9.55 Å². The van der Waals surface area contributed by atoms with Crippen LogP contribution in [0.5, 0.6) is 0 Å². The maximum atomic E-state index is 10.5. The Hall–Kier alpha value is -1.95. The lowest BCUT2D eigenvalue weighted by atomic mass is 10.5. The highest BCUT2D eigenvalue weighted by Gasteiger charge is 2.00. The molecule has 0 aromatic carbocycles. The van der Waals surface area contributed by atoms with Crippen molar-refractivity contribution in [2.24, 2.45) is 4.99 Å². The number of carboxylic acid groups (broad SMARTS) is 1. The molecule has 2 aromatic heterocycles. The van der Waals surface area contributed by atoms with Crippen LogP contribution < -0.4 is 4.80 Å². The molecule has 0 aliphatic rings. The van der Waals surface area contributed by atoms with Gasteiger partial charge in [0, 0.05) is 17.8 Å². The zero-order valence-corrected chi connectivity index (χ0v) is 8.39. The molecule has 76 valence electrons. The molecule has 0 radical (unpaired) electrons. The van der Waals surface area contributed by atoms with Gasteiger partial charge in [0.1, 0.15) is 5.82 Å². The number of aromatic nitrogens is 2. The van der Waals surface area contributed by atoms with E-state index in [2.05, 4.69) is 9.98 Å². The van der Waals surface area contributed by atoms with Crippen LogP contribution in [-0.4, -0.2) is 20.8 Å². The fraction of sp³-hybridized carbons (Fsp3) is 0. The first-order valence-electron chi connectivity index (χ1n) is 4.12. The monoisotopic (exact) mass is 221 g/mol. The minimum Gasteiger partial charge on any atom is -0.463 e. The number of pyridine rings is 1. The van der Waals surface area contributed by atoms with Crippen molar-refractivity contribution in [2.75, 3.05) is 0 Å². The largest absolute Gasteiger partial charge is 0.463 e. The van der Waals surface area contributed by atoms with Gasteiger partial charge in [-0.25, -0.2) is 9.78 Å². The van der Waals surface area contributed by atoms with Crippen LogP contribution in [0.25, 0.3) is 5.82 Å². The summed E-state index contributed by atoms with van der Waals surface area (Å²) in [4.78, 5) is 18.4. The second-order valence-electron chi connectivity index (χ2n) is 2.64. The predicted octanol–water partition coefficient (Wildman–Crippen LogP) is 1.51. The smallest absolute Gasteiger partial charge is 0.433 e. The summed E-state index contributed by atoms with van der Waals surface area (Å²) in [5.41, 5.74) is 0. The zero-order valence-electron chi connectivity index (χ0n) is 7.57. The molecule has 0 aliphatic carbocycles. The van der Waals surface area contributed by atoms with Gasteiger partial charge in [0.05, 0.1) is 0 Å². The van der Waals surface area contributed by atoms with E-state index in [0.717, 1.165) is 0 Å². The third-order valence-electron chi connectivity index (χ3n) is 1.68. The molecule has 2 aromatic rings. The average Bonchev–Trinajstić information content (AvgIpc) is 2.66. The standard InChI is InChI=1S/C9H7N3O2S/c13-9(14)11-8-12(5-6-15-8)7-3-1-2-4-10-7/h1-6H,(H,13,14). The average molecular weight is 221 g/mol. The van der Waals surface area contributed by atoms with Gasteiger partial charge >= 0.3 is 6.09 Å². The van der Waals surface area contributed by atoms with E-state index in [9.17, 15) is 4.79 Å². The molecule has 0 aliphatic heterocycles. The molecule has 15 heavy (non-hydrogen) atoms. The quantitative estimate of drug-likeness (QED) is 0.793. The van der Waals surface area contributed by atoms with Gasteiger partial charge in [-0.2, -0.15) is 0 Å². The van der Waals surface area contributed by atoms with Gasteiger partial charge in [0.25, 0.3) is 0 Å². The molecule has 0 unspecified atom stereocenters. The Morgan fingerprint density at radius 1 is 1.53 bits per heavy atom. The Bertz CT molecular complexity index is 530. The number of amides is 1. The molecule has 0 bridgehead atoms. The molecule has 0 saturated carbocycles. The number of carbonyl (C=O) groups is 1. The van der Waals surface area contributed by atoms with E-state index in [1.54, 1.807) is 34.5 Å². The van der Waals surface area contributed by atoms with E-state index in [-0.39, 0.29) is 0 Å². The van der Waals surface area contributed by atoms with Gasteiger partial charge in [-0.3, -0.25) is 4.57 Å². The van der Waals surface area contributed by atoms with Crippen molar-refractivity contribution in [1.29, 1.82) is 0 Å². The van der Waals surface area contributed by atoms with Crippen molar-refractivity contribution in [3.63, 3.8) is 0 Å². The number of rotatable bonds is 1. The maximum Gasteiger partial charge on any atom is 0.433 e. The SMILES string of the molecule is O=C(O)N=c1sccn1-c1ccccn1. The molecule has 0 atom stereocenters. The van der Waals surface area contributed by atoms with E-state index in [1.165, 1.54) is 11.3 Å². The van der Waals surface area contributed by atoms with Crippen molar-refractivity contribution in [3.05, 3.63) is 40.8 Å². The fourth-order valence-electron chi connectivity index (χ4n) is 1.11. The number of thiazole rings is 1. The summed E-state index contributed by atoms with van der Waals surface area (Å²) in [5, 5.41) is 10.3. The number of nitrogens with zero attached hydrogens (tertiary/aromatic N) is 3. The van der Waals surface area contributed by atoms with Crippen molar-refractivity contribution >= 4 is 17.4 Å². The fourth-order valence-corrected chi connectivity index (χ4v) is 1.81. The van der Waals surface area contributed by atoms with E-state index in [1.807, 2.05) is 6.07 Å². The van der Waals surface area contributed by atoms with Crippen LogP contribution >= 0.6 is 11.3 Å². The zero-order chi connectivity index (χ0) is 10.7. The molecule has 0 spiro atoms. The van der Waals surface area contributed by atoms with Crippen LogP contribution in [0.15, 0.2) is 41.0 Å². The Morgan fingerprint density at radius 2 is 2.40 bits per heavy atom. The van der Waals surface area contributed by atoms with E-state index in [4.69, 9.17) is 5.11 Å². The number of hydrogen-bond donors (Lipinski definition) is 1. The van der Waals surface area contributed by atoms with Crippen LogP contribution in [0.3, 0.4) is 0 Å². The summed E-state index contributed by atoms with van der Waals surface area (Å²) in [5.74, 6) is 0.652. The van der Waals surface area contributed by atoms with E-state index in [0.29, 0.717) is 10.6 Å². The Balaban J connectivity index is 2.56. The summed E-state index contributed by atoms with van der Waals surface area (Å²) in [6.07, 6.45) is 2.17. The van der Waals surface area contributed by atoms with Gasteiger partial charge in [-0.1, -0.05) is 6.07 Å². The Labute approximate surface area is 89.0 Å². The summed E-state index contributed by atoms with van der Waals surface area (Å²) in [6.45, 7) is 0. The lowest BCUT2D eigenvalue weighted by molar-refractivity contribution is 0.204. The van der Waals surface area contributed by atoms with Crippen LogP contribution in [0.1, 0.15) is 0 Å². The molecule has 5 nitrogen and oxygen atoms in total. The minimum atomic E-state index is -1.21. The van der Waals surface area contributed by atoms with Gasteiger partial charge in [-0.15, -0.1) is 16.3 Å².